The van der Waals surface area contributed by atoms with Gasteiger partial charge in [-0.25, -0.2) is 19.9 Å². The molecule has 3 aromatic heterocycles. The van der Waals surface area contributed by atoms with Gasteiger partial charge in [0.1, 0.15) is 5.82 Å². The Morgan fingerprint density at radius 1 is 0.321 bits per heavy atom. The zero-order chi connectivity index (χ0) is 35.1. The summed E-state index contributed by atoms with van der Waals surface area (Å²) >= 11 is 0. The van der Waals surface area contributed by atoms with Crippen molar-refractivity contribution >= 4 is 32.7 Å². The molecule has 3 heterocycles. The molecule has 0 radical (unpaired) electrons. The summed E-state index contributed by atoms with van der Waals surface area (Å²) in [6.45, 7) is 0. The van der Waals surface area contributed by atoms with Gasteiger partial charge < -0.3 is 0 Å². The Morgan fingerprint density at radius 3 is 1.36 bits per heavy atom. The standard InChI is InChI=1S/C47H30N6/c1-4-13-33(14-5-1)44-50-45(34-15-6-2-7-16-34)52-46(51-44)35-24-22-31(23-25-35)32-26-28-37(29-27-32)53-43-39-20-11-10-19-38(39)41-40(21-12-30-48-41)42(43)49-47(53)36-17-8-3-9-18-36/h1-30H. The fourth-order valence-corrected chi connectivity index (χ4v) is 7.15. The Balaban J connectivity index is 1.06. The van der Waals surface area contributed by atoms with Crippen molar-refractivity contribution in [1.29, 1.82) is 0 Å². The molecule has 7 aromatic carbocycles. The summed E-state index contributed by atoms with van der Waals surface area (Å²) < 4.78 is 2.29. The van der Waals surface area contributed by atoms with E-state index in [1.807, 2.05) is 79.0 Å². The monoisotopic (exact) mass is 678 g/mol. The van der Waals surface area contributed by atoms with E-state index in [1.165, 1.54) is 0 Å². The lowest BCUT2D eigenvalue weighted by molar-refractivity contribution is 1.07. The molecule has 0 bridgehead atoms. The van der Waals surface area contributed by atoms with Crippen molar-refractivity contribution in [1.82, 2.24) is 29.5 Å². The topological polar surface area (TPSA) is 69.4 Å². The van der Waals surface area contributed by atoms with Gasteiger partial charge in [-0.05, 0) is 35.4 Å². The first-order valence-electron chi connectivity index (χ1n) is 17.6. The second-order valence-electron chi connectivity index (χ2n) is 12.9. The maximum atomic E-state index is 5.31. The van der Waals surface area contributed by atoms with Gasteiger partial charge >= 0.3 is 0 Å². The number of fused-ring (bicyclic) bond motifs is 6. The molecular weight excluding hydrogens is 649 g/mol. The van der Waals surface area contributed by atoms with E-state index < -0.39 is 0 Å². The van der Waals surface area contributed by atoms with Crippen LogP contribution in [0.4, 0.5) is 0 Å². The molecule has 0 amide bonds. The molecule has 0 atom stereocenters. The first-order valence-corrected chi connectivity index (χ1v) is 17.6. The van der Waals surface area contributed by atoms with Crippen LogP contribution in [0.3, 0.4) is 0 Å². The number of hydrogen-bond acceptors (Lipinski definition) is 5. The van der Waals surface area contributed by atoms with Crippen molar-refractivity contribution in [2.24, 2.45) is 0 Å². The molecule has 0 saturated heterocycles. The van der Waals surface area contributed by atoms with Crippen LogP contribution in [0.1, 0.15) is 0 Å². The molecule has 0 aliphatic heterocycles. The number of benzene rings is 7. The predicted molar refractivity (Wildman–Crippen MR) is 214 cm³/mol. The van der Waals surface area contributed by atoms with Crippen molar-refractivity contribution in [3.05, 3.63) is 182 Å². The van der Waals surface area contributed by atoms with E-state index >= 15 is 0 Å². The number of aromatic nitrogens is 6. The molecule has 0 spiro atoms. The van der Waals surface area contributed by atoms with Gasteiger partial charge in [-0.15, -0.1) is 0 Å². The number of nitrogens with zero attached hydrogens (tertiary/aromatic N) is 6. The van der Waals surface area contributed by atoms with Crippen molar-refractivity contribution in [2.45, 2.75) is 0 Å². The quantitative estimate of drug-likeness (QED) is 0.164. The van der Waals surface area contributed by atoms with Crippen LogP contribution < -0.4 is 0 Å². The second kappa shape index (κ2) is 12.8. The lowest BCUT2D eigenvalue weighted by Gasteiger charge is -2.13. The van der Waals surface area contributed by atoms with Crippen molar-refractivity contribution in [3.8, 4) is 62.4 Å². The van der Waals surface area contributed by atoms with Crippen LogP contribution in [0.15, 0.2) is 182 Å². The summed E-state index contributed by atoms with van der Waals surface area (Å²) in [6, 6.07) is 60.3. The third-order valence-corrected chi connectivity index (χ3v) is 9.71. The number of hydrogen-bond donors (Lipinski definition) is 0. The summed E-state index contributed by atoms with van der Waals surface area (Å²) in [6.07, 6.45) is 1.86. The highest BCUT2D eigenvalue weighted by Crippen LogP contribution is 2.39. The minimum Gasteiger partial charge on any atom is -0.292 e. The van der Waals surface area contributed by atoms with Crippen molar-refractivity contribution in [2.75, 3.05) is 0 Å². The molecular formula is C47H30N6. The fourth-order valence-electron chi connectivity index (χ4n) is 7.15. The van der Waals surface area contributed by atoms with Gasteiger partial charge in [0, 0.05) is 50.3 Å². The zero-order valence-corrected chi connectivity index (χ0v) is 28.5. The van der Waals surface area contributed by atoms with E-state index in [-0.39, 0.29) is 0 Å². The minimum atomic E-state index is 0.634. The van der Waals surface area contributed by atoms with Crippen LogP contribution in [0.5, 0.6) is 0 Å². The molecule has 0 aliphatic carbocycles. The lowest BCUT2D eigenvalue weighted by atomic mass is 10.0. The normalized spacial score (nSPS) is 11.4. The number of rotatable bonds is 6. The summed E-state index contributed by atoms with van der Waals surface area (Å²) in [7, 11) is 0. The van der Waals surface area contributed by atoms with Crippen molar-refractivity contribution in [3.63, 3.8) is 0 Å². The molecule has 6 heteroatoms. The Kier molecular flexibility index (Phi) is 7.36. The summed E-state index contributed by atoms with van der Waals surface area (Å²) in [4.78, 5) is 24.8. The number of imidazole rings is 1. The van der Waals surface area contributed by atoms with Gasteiger partial charge in [0.05, 0.1) is 16.6 Å². The molecule has 0 aliphatic rings. The molecule has 10 rings (SSSR count). The van der Waals surface area contributed by atoms with Crippen LogP contribution >= 0.6 is 0 Å². The van der Waals surface area contributed by atoms with Gasteiger partial charge in [0.25, 0.3) is 0 Å². The summed E-state index contributed by atoms with van der Waals surface area (Å²) in [5.74, 6) is 2.82. The van der Waals surface area contributed by atoms with Gasteiger partial charge in [0.15, 0.2) is 17.5 Å². The fraction of sp³-hybridized carbons (Fsp3) is 0. The minimum absolute atomic E-state index is 0.634. The van der Waals surface area contributed by atoms with E-state index in [9.17, 15) is 0 Å². The van der Waals surface area contributed by atoms with Crippen LogP contribution in [-0.2, 0) is 0 Å². The highest BCUT2D eigenvalue weighted by atomic mass is 15.1. The smallest absolute Gasteiger partial charge is 0.164 e. The van der Waals surface area contributed by atoms with Crippen molar-refractivity contribution < 1.29 is 0 Å². The van der Waals surface area contributed by atoms with E-state index in [0.717, 1.165) is 77.6 Å². The Bertz CT molecular complexity index is 2850. The highest BCUT2D eigenvalue weighted by molar-refractivity contribution is 6.23. The molecule has 0 unspecified atom stereocenters. The van der Waals surface area contributed by atoms with Gasteiger partial charge in [0.2, 0.25) is 0 Å². The molecule has 0 fully saturated rings. The first kappa shape index (κ1) is 30.5. The van der Waals surface area contributed by atoms with Crippen LogP contribution in [-0.4, -0.2) is 29.5 Å². The molecule has 6 nitrogen and oxygen atoms in total. The van der Waals surface area contributed by atoms with Gasteiger partial charge in [-0.2, -0.15) is 0 Å². The zero-order valence-electron chi connectivity index (χ0n) is 28.5. The van der Waals surface area contributed by atoms with E-state index in [0.29, 0.717) is 17.5 Å². The Hall–Kier alpha value is -7.31. The lowest BCUT2D eigenvalue weighted by Crippen LogP contribution is -2.00. The van der Waals surface area contributed by atoms with Crippen LogP contribution in [0, 0.1) is 0 Å². The first-order chi connectivity index (χ1) is 26.3. The largest absolute Gasteiger partial charge is 0.292 e. The molecule has 248 valence electrons. The maximum absolute atomic E-state index is 5.31. The Morgan fingerprint density at radius 2 is 0.774 bits per heavy atom. The SMILES string of the molecule is c1ccc(-c2nc(-c3ccccc3)nc(-c3ccc(-c4ccc(-n5c(-c6ccccc6)nc6c7cccnc7c7ccccc7c65)cc4)cc3)n2)cc1. The average molecular weight is 679 g/mol. The molecule has 53 heavy (non-hydrogen) atoms. The maximum Gasteiger partial charge on any atom is 0.164 e. The third kappa shape index (κ3) is 5.41. The summed E-state index contributed by atoms with van der Waals surface area (Å²) in [5, 5.41) is 3.27. The highest BCUT2D eigenvalue weighted by Gasteiger charge is 2.20. The van der Waals surface area contributed by atoms with Crippen LogP contribution in [0.2, 0.25) is 0 Å². The second-order valence-corrected chi connectivity index (χ2v) is 12.9. The third-order valence-electron chi connectivity index (χ3n) is 9.71. The van der Waals surface area contributed by atoms with Gasteiger partial charge in [-0.1, -0.05) is 152 Å². The van der Waals surface area contributed by atoms with E-state index in [4.69, 9.17) is 24.9 Å². The Labute approximate surface area is 305 Å². The van der Waals surface area contributed by atoms with E-state index in [1.54, 1.807) is 0 Å². The summed E-state index contributed by atoms with van der Waals surface area (Å²) in [5.41, 5.74) is 10.1. The number of pyridine rings is 1. The van der Waals surface area contributed by atoms with Crippen LogP contribution in [0.25, 0.3) is 95.1 Å². The average Bonchev–Trinajstić information content (AvgIpc) is 3.66. The van der Waals surface area contributed by atoms with Gasteiger partial charge in [-0.3, -0.25) is 9.55 Å². The van der Waals surface area contributed by atoms with E-state index in [2.05, 4.69) is 108 Å². The predicted octanol–water partition coefficient (Wildman–Crippen LogP) is 11.2. The molecule has 0 saturated carbocycles. The molecule has 0 N–H and O–H groups in total. The molecule has 10 aromatic rings.